The molecule has 140 valence electrons. The van der Waals surface area contributed by atoms with Crippen molar-refractivity contribution in [3.8, 4) is 0 Å². The molecule has 2 saturated heterocycles. The van der Waals surface area contributed by atoms with Crippen molar-refractivity contribution in [3.05, 3.63) is 0 Å². The molecule has 2 fully saturated rings. The zero-order valence-electron chi connectivity index (χ0n) is 15.6. The smallest absolute Gasteiger partial charge is 0.191 e. The number of hydrogen-bond acceptors (Lipinski definition) is 5. The van der Waals surface area contributed by atoms with E-state index in [2.05, 4.69) is 39.4 Å². The lowest BCUT2D eigenvalue weighted by Gasteiger charge is -2.33. The number of nitrogens with one attached hydrogen (secondary N) is 2. The Bertz CT molecular complexity index is 396. The van der Waals surface area contributed by atoms with E-state index in [9.17, 15) is 5.11 Å². The summed E-state index contributed by atoms with van der Waals surface area (Å²) in [5, 5.41) is 17.3. The molecule has 0 aliphatic carbocycles. The second-order valence-corrected chi connectivity index (χ2v) is 7.24. The van der Waals surface area contributed by atoms with Crippen LogP contribution < -0.4 is 10.6 Å². The fourth-order valence-electron chi connectivity index (χ4n) is 3.33. The van der Waals surface area contributed by atoms with Crippen LogP contribution in [0, 0.1) is 0 Å². The van der Waals surface area contributed by atoms with Crippen LogP contribution in [-0.4, -0.2) is 98.6 Å². The van der Waals surface area contributed by atoms with Gasteiger partial charge in [0.25, 0.3) is 0 Å². The quantitative estimate of drug-likeness (QED) is 0.437. The summed E-state index contributed by atoms with van der Waals surface area (Å²) in [6.45, 7) is 11.1. The highest BCUT2D eigenvalue weighted by Gasteiger charge is 2.25. The molecule has 3 N–H and O–H groups in total. The summed E-state index contributed by atoms with van der Waals surface area (Å²) in [6.07, 6.45) is 2.50. The van der Waals surface area contributed by atoms with E-state index in [1.807, 2.05) is 6.92 Å². The van der Waals surface area contributed by atoms with E-state index in [1.54, 1.807) is 0 Å². The van der Waals surface area contributed by atoms with E-state index in [1.165, 1.54) is 19.4 Å². The third-order valence-electron chi connectivity index (χ3n) is 4.77. The Labute approximate surface area is 146 Å². The van der Waals surface area contributed by atoms with Gasteiger partial charge >= 0.3 is 0 Å². The van der Waals surface area contributed by atoms with E-state index in [4.69, 9.17) is 4.74 Å². The van der Waals surface area contributed by atoms with Crippen molar-refractivity contribution in [2.45, 2.75) is 38.3 Å². The summed E-state index contributed by atoms with van der Waals surface area (Å²) < 4.78 is 5.36. The number of β-amino-alcohol motifs (C(OH)–C–C–N with tert-alkyl or cyclic N) is 1. The second-order valence-electron chi connectivity index (χ2n) is 7.24. The zero-order chi connectivity index (χ0) is 17.4. The van der Waals surface area contributed by atoms with Gasteiger partial charge in [-0.25, -0.2) is 0 Å². The van der Waals surface area contributed by atoms with Crippen molar-refractivity contribution in [1.82, 2.24) is 20.4 Å². The van der Waals surface area contributed by atoms with E-state index in [0.29, 0.717) is 19.1 Å². The standard InChI is InChI=1S/C17H35N5O2/c1-4-18-16(19-12-15-6-5-7-21(15)3)20-13-17(2,23)14-22-8-10-24-11-9-22/h15,23H,4-14H2,1-3H3,(H2,18,19,20). The number of guanidine groups is 1. The van der Waals surface area contributed by atoms with Crippen LogP contribution in [0.15, 0.2) is 4.99 Å². The van der Waals surface area contributed by atoms with Crippen molar-refractivity contribution in [3.63, 3.8) is 0 Å². The molecule has 2 aliphatic rings. The van der Waals surface area contributed by atoms with Crippen LogP contribution in [0.2, 0.25) is 0 Å². The third-order valence-corrected chi connectivity index (χ3v) is 4.77. The van der Waals surface area contributed by atoms with Crippen molar-refractivity contribution in [2.24, 2.45) is 4.99 Å². The second kappa shape index (κ2) is 9.56. The lowest BCUT2D eigenvalue weighted by molar-refractivity contribution is -0.0180. The maximum atomic E-state index is 10.7. The number of morpholine rings is 1. The van der Waals surface area contributed by atoms with Gasteiger partial charge in [-0.05, 0) is 40.3 Å². The van der Waals surface area contributed by atoms with Crippen LogP contribution in [0.25, 0.3) is 0 Å². The Morgan fingerprint density at radius 1 is 1.29 bits per heavy atom. The third kappa shape index (κ3) is 6.55. The Morgan fingerprint density at radius 2 is 2.04 bits per heavy atom. The largest absolute Gasteiger partial charge is 0.387 e. The highest BCUT2D eigenvalue weighted by atomic mass is 16.5. The van der Waals surface area contributed by atoms with Crippen molar-refractivity contribution < 1.29 is 9.84 Å². The zero-order valence-corrected chi connectivity index (χ0v) is 15.6. The molecular formula is C17H35N5O2. The summed E-state index contributed by atoms with van der Waals surface area (Å²) in [5.74, 6) is 0.792. The summed E-state index contributed by atoms with van der Waals surface area (Å²) in [6, 6.07) is 0.572. The summed E-state index contributed by atoms with van der Waals surface area (Å²) in [5.41, 5.74) is -0.830. The maximum Gasteiger partial charge on any atom is 0.191 e. The van der Waals surface area contributed by atoms with Crippen LogP contribution in [0.3, 0.4) is 0 Å². The average Bonchev–Trinajstić information content (AvgIpc) is 2.96. The summed E-state index contributed by atoms with van der Waals surface area (Å²) in [4.78, 5) is 9.24. The number of aliphatic imine (C=N–C) groups is 1. The first-order valence-electron chi connectivity index (χ1n) is 9.25. The number of rotatable bonds is 7. The number of likely N-dealkylation sites (N-methyl/N-ethyl adjacent to an activating group) is 1. The minimum atomic E-state index is -0.830. The predicted molar refractivity (Wildman–Crippen MR) is 97.5 cm³/mol. The van der Waals surface area contributed by atoms with Gasteiger partial charge in [-0.1, -0.05) is 0 Å². The molecule has 24 heavy (non-hydrogen) atoms. The molecular weight excluding hydrogens is 306 g/mol. The first-order chi connectivity index (χ1) is 11.5. The summed E-state index contributed by atoms with van der Waals surface area (Å²) in [7, 11) is 2.18. The Hall–Kier alpha value is -0.890. The lowest BCUT2D eigenvalue weighted by Crippen LogP contribution is -2.48. The number of ether oxygens (including phenoxy) is 1. The first-order valence-corrected chi connectivity index (χ1v) is 9.25. The van der Waals surface area contributed by atoms with Crippen molar-refractivity contribution in [2.75, 3.05) is 66.1 Å². The van der Waals surface area contributed by atoms with Gasteiger partial charge in [-0.2, -0.15) is 0 Å². The van der Waals surface area contributed by atoms with Crippen molar-refractivity contribution in [1.29, 1.82) is 0 Å². The normalized spacial score (nSPS) is 26.3. The Kier molecular flexibility index (Phi) is 7.74. The van der Waals surface area contributed by atoms with Crippen LogP contribution in [0.5, 0.6) is 0 Å². The van der Waals surface area contributed by atoms with E-state index in [-0.39, 0.29) is 0 Å². The molecule has 0 aromatic carbocycles. The topological polar surface area (TPSA) is 72.4 Å². The molecule has 0 aromatic heterocycles. The van der Waals surface area contributed by atoms with Gasteiger partial charge in [0, 0.05) is 38.8 Å². The molecule has 2 atom stereocenters. The predicted octanol–water partition coefficient (Wildman–Crippen LogP) is -0.281. The highest BCUT2D eigenvalue weighted by molar-refractivity contribution is 5.79. The van der Waals surface area contributed by atoms with E-state index >= 15 is 0 Å². The molecule has 2 unspecified atom stereocenters. The van der Waals surface area contributed by atoms with E-state index < -0.39 is 5.60 Å². The van der Waals surface area contributed by atoms with Gasteiger partial charge in [0.1, 0.15) is 0 Å². The molecule has 0 bridgehead atoms. The molecule has 2 heterocycles. The number of nitrogens with zero attached hydrogens (tertiary/aromatic N) is 3. The SMILES string of the molecule is CCNC(=NCC(C)(O)CN1CCOCC1)NCC1CCCN1C. The van der Waals surface area contributed by atoms with Crippen LogP contribution in [0.4, 0.5) is 0 Å². The molecule has 0 aromatic rings. The molecule has 0 saturated carbocycles. The van der Waals surface area contributed by atoms with Gasteiger partial charge in [-0.15, -0.1) is 0 Å². The Balaban J connectivity index is 1.81. The lowest BCUT2D eigenvalue weighted by atomic mass is 10.1. The molecule has 2 rings (SSSR count). The monoisotopic (exact) mass is 341 g/mol. The van der Waals surface area contributed by atoms with Gasteiger partial charge in [0.05, 0.1) is 25.4 Å². The fourth-order valence-corrected chi connectivity index (χ4v) is 3.33. The Morgan fingerprint density at radius 3 is 2.67 bits per heavy atom. The van der Waals surface area contributed by atoms with Crippen LogP contribution >= 0.6 is 0 Å². The number of hydrogen-bond donors (Lipinski definition) is 3. The summed E-state index contributed by atoms with van der Waals surface area (Å²) >= 11 is 0. The van der Waals surface area contributed by atoms with E-state index in [0.717, 1.165) is 45.4 Å². The van der Waals surface area contributed by atoms with Gasteiger partial charge < -0.3 is 25.4 Å². The number of aliphatic hydroxyl groups is 1. The molecule has 7 nitrogen and oxygen atoms in total. The highest BCUT2D eigenvalue weighted by Crippen LogP contribution is 2.13. The molecule has 0 amide bonds. The minimum absolute atomic E-state index is 0.389. The van der Waals surface area contributed by atoms with Crippen molar-refractivity contribution >= 4 is 5.96 Å². The molecule has 0 spiro atoms. The van der Waals surface area contributed by atoms with Gasteiger partial charge in [0.15, 0.2) is 5.96 Å². The minimum Gasteiger partial charge on any atom is -0.387 e. The van der Waals surface area contributed by atoms with Gasteiger partial charge in [0.2, 0.25) is 0 Å². The average molecular weight is 342 g/mol. The maximum absolute atomic E-state index is 10.7. The van der Waals surface area contributed by atoms with Crippen LogP contribution in [0.1, 0.15) is 26.7 Å². The number of likely N-dealkylation sites (tertiary alicyclic amines) is 1. The fraction of sp³-hybridized carbons (Fsp3) is 0.941. The molecule has 2 aliphatic heterocycles. The molecule has 0 radical (unpaired) electrons. The molecule has 7 heteroatoms. The first kappa shape index (κ1) is 19.4. The van der Waals surface area contributed by atoms with Crippen LogP contribution in [-0.2, 0) is 4.74 Å². The van der Waals surface area contributed by atoms with Gasteiger partial charge in [-0.3, -0.25) is 9.89 Å².